The minimum atomic E-state index is -0.672. The molecule has 0 aliphatic carbocycles. The molecule has 0 saturated heterocycles. The van der Waals surface area contributed by atoms with E-state index in [2.05, 4.69) is 10.6 Å². The van der Waals surface area contributed by atoms with E-state index in [1.165, 1.54) is 11.3 Å². The molecular formula is C30H33N3O6S. The zero-order valence-electron chi connectivity index (χ0n) is 23.4. The minimum Gasteiger partial charge on any atom is -0.497 e. The van der Waals surface area contributed by atoms with Gasteiger partial charge in [-0.2, -0.15) is 0 Å². The van der Waals surface area contributed by atoms with Gasteiger partial charge in [0.05, 0.1) is 50.2 Å². The van der Waals surface area contributed by atoms with Crippen molar-refractivity contribution in [3.8, 4) is 22.8 Å². The topological polar surface area (TPSA) is 108 Å². The summed E-state index contributed by atoms with van der Waals surface area (Å²) in [6, 6.07) is 13.1. The van der Waals surface area contributed by atoms with Crippen LogP contribution in [0.25, 0.3) is 11.3 Å². The number of hydrogen-bond acceptors (Lipinski definition) is 10. The van der Waals surface area contributed by atoms with Crippen LogP contribution in [-0.2, 0) is 19.1 Å². The van der Waals surface area contributed by atoms with Crippen molar-refractivity contribution in [2.75, 3.05) is 32.8 Å². The minimum absolute atomic E-state index is 0.214. The van der Waals surface area contributed by atoms with Crippen molar-refractivity contribution in [2.45, 2.75) is 33.6 Å². The standard InChI is InChI=1S/C30H33N3O6S/c1-7-38-28(34)25-17(3)31-18(4)26(29(35)39-8-2)27(25)19-10-9-11-20(14-19)32-30-33-23(16-40-30)22-15-21(36-5)12-13-24(22)37-6/h9-16,27,31H,7-8H2,1-6H3,(H,32,33). The van der Waals surface area contributed by atoms with Crippen molar-refractivity contribution in [3.05, 3.63) is 75.9 Å². The highest BCUT2D eigenvalue weighted by atomic mass is 32.1. The van der Waals surface area contributed by atoms with Crippen molar-refractivity contribution in [1.29, 1.82) is 0 Å². The van der Waals surface area contributed by atoms with E-state index in [4.69, 9.17) is 23.9 Å². The molecule has 1 aliphatic rings. The number of methoxy groups -OCH3 is 2. The molecule has 40 heavy (non-hydrogen) atoms. The zero-order valence-corrected chi connectivity index (χ0v) is 24.2. The predicted octanol–water partition coefficient (Wildman–Crippen LogP) is 5.93. The lowest BCUT2D eigenvalue weighted by molar-refractivity contribution is -0.139. The third kappa shape index (κ3) is 5.96. The highest BCUT2D eigenvalue weighted by Gasteiger charge is 2.38. The first kappa shape index (κ1) is 28.7. The van der Waals surface area contributed by atoms with E-state index in [0.29, 0.717) is 39.2 Å². The summed E-state index contributed by atoms with van der Waals surface area (Å²) in [5.74, 6) is -0.250. The number of nitrogens with zero attached hydrogens (tertiary/aromatic N) is 1. The van der Waals surface area contributed by atoms with Gasteiger partial charge < -0.3 is 29.6 Å². The van der Waals surface area contributed by atoms with E-state index in [-0.39, 0.29) is 13.2 Å². The van der Waals surface area contributed by atoms with E-state index in [9.17, 15) is 9.59 Å². The molecule has 0 saturated carbocycles. The molecule has 0 bridgehead atoms. The lowest BCUT2D eigenvalue weighted by atomic mass is 9.80. The van der Waals surface area contributed by atoms with Gasteiger partial charge in [-0.25, -0.2) is 14.6 Å². The third-order valence-electron chi connectivity index (χ3n) is 6.41. The number of ether oxygens (including phenoxy) is 4. The Morgan fingerprint density at radius 2 is 1.62 bits per heavy atom. The Hall–Kier alpha value is -4.31. The molecule has 0 radical (unpaired) electrons. The molecule has 1 aromatic heterocycles. The second kappa shape index (κ2) is 12.7. The van der Waals surface area contributed by atoms with Gasteiger partial charge in [-0.05, 0) is 63.6 Å². The summed E-state index contributed by atoms with van der Waals surface area (Å²) in [5, 5.41) is 9.12. The fourth-order valence-electron chi connectivity index (χ4n) is 4.67. The van der Waals surface area contributed by atoms with Crippen LogP contribution in [0, 0.1) is 0 Å². The second-order valence-electron chi connectivity index (χ2n) is 8.93. The third-order valence-corrected chi connectivity index (χ3v) is 7.17. The summed E-state index contributed by atoms with van der Waals surface area (Å²) in [6.45, 7) is 7.53. The van der Waals surface area contributed by atoms with Crippen LogP contribution in [0.3, 0.4) is 0 Å². The first-order chi connectivity index (χ1) is 19.3. The molecule has 2 aromatic carbocycles. The maximum Gasteiger partial charge on any atom is 0.336 e. The summed E-state index contributed by atoms with van der Waals surface area (Å²) >= 11 is 1.44. The number of nitrogens with one attached hydrogen (secondary N) is 2. The number of dihydropyridines is 1. The lowest BCUT2D eigenvalue weighted by Gasteiger charge is -2.30. The molecule has 3 aromatic rings. The summed E-state index contributed by atoms with van der Waals surface area (Å²) in [4.78, 5) is 31.0. The van der Waals surface area contributed by atoms with E-state index < -0.39 is 17.9 Å². The Bertz CT molecular complexity index is 1440. The number of anilines is 2. The molecule has 0 unspecified atom stereocenters. The van der Waals surface area contributed by atoms with Crippen LogP contribution in [-0.4, -0.2) is 44.4 Å². The molecule has 0 spiro atoms. The Kier molecular flexibility index (Phi) is 9.11. The van der Waals surface area contributed by atoms with Crippen LogP contribution in [0.15, 0.2) is 70.4 Å². The molecule has 0 atom stereocenters. The fourth-order valence-corrected chi connectivity index (χ4v) is 5.41. The number of thiazole rings is 1. The largest absolute Gasteiger partial charge is 0.497 e. The van der Waals surface area contributed by atoms with Gasteiger partial charge in [0.2, 0.25) is 0 Å². The first-order valence-corrected chi connectivity index (χ1v) is 13.8. The predicted molar refractivity (Wildman–Crippen MR) is 155 cm³/mol. The van der Waals surface area contributed by atoms with Gasteiger partial charge in [0.15, 0.2) is 5.13 Å². The maximum atomic E-state index is 13.1. The summed E-state index contributed by atoms with van der Waals surface area (Å²) in [7, 11) is 3.23. The molecule has 10 heteroatoms. The van der Waals surface area contributed by atoms with Crippen LogP contribution in [0.1, 0.15) is 39.2 Å². The zero-order chi connectivity index (χ0) is 28.8. The van der Waals surface area contributed by atoms with Crippen molar-refractivity contribution < 1.29 is 28.5 Å². The van der Waals surface area contributed by atoms with Gasteiger partial charge in [-0.15, -0.1) is 11.3 Å². The van der Waals surface area contributed by atoms with E-state index in [1.54, 1.807) is 41.9 Å². The number of hydrogen-bond donors (Lipinski definition) is 2. The van der Waals surface area contributed by atoms with Crippen LogP contribution < -0.4 is 20.1 Å². The van der Waals surface area contributed by atoms with E-state index in [1.807, 2.05) is 47.8 Å². The number of aromatic nitrogens is 1. The fraction of sp³-hybridized carbons (Fsp3) is 0.300. The summed E-state index contributed by atoms with van der Waals surface area (Å²) in [5.41, 5.74) is 5.04. The number of benzene rings is 2. The van der Waals surface area contributed by atoms with Crippen LogP contribution in [0.2, 0.25) is 0 Å². The number of carbonyl (C=O) groups excluding carboxylic acids is 2. The van der Waals surface area contributed by atoms with Crippen molar-refractivity contribution >= 4 is 34.1 Å². The molecule has 210 valence electrons. The summed E-state index contributed by atoms with van der Waals surface area (Å²) < 4.78 is 21.6. The van der Waals surface area contributed by atoms with E-state index in [0.717, 1.165) is 22.5 Å². The second-order valence-corrected chi connectivity index (χ2v) is 9.79. The normalized spacial score (nSPS) is 13.6. The van der Waals surface area contributed by atoms with Crippen molar-refractivity contribution in [1.82, 2.24) is 10.3 Å². The average molecular weight is 564 g/mol. The summed E-state index contributed by atoms with van der Waals surface area (Å²) in [6.07, 6.45) is 0. The Labute approximate surface area is 237 Å². The van der Waals surface area contributed by atoms with Crippen LogP contribution in [0.4, 0.5) is 10.8 Å². The first-order valence-electron chi connectivity index (χ1n) is 12.9. The molecule has 4 rings (SSSR count). The highest BCUT2D eigenvalue weighted by Crippen LogP contribution is 2.41. The Morgan fingerprint density at radius 3 is 2.23 bits per heavy atom. The molecular weight excluding hydrogens is 530 g/mol. The van der Waals surface area contributed by atoms with Gasteiger partial charge in [0.1, 0.15) is 11.5 Å². The smallest absolute Gasteiger partial charge is 0.336 e. The molecule has 9 nitrogen and oxygen atoms in total. The molecule has 2 heterocycles. The number of esters is 2. The van der Waals surface area contributed by atoms with Gasteiger partial charge in [-0.3, -0.25) is 0 Å². The highest BCUT2D eigenvalue weighted by molar-refractivity contribution is 7.14. The van der Waals surface area contributed by atoms with Gasteiger partial charge in [-0.1, -0.05) is 12.1 Å². The lowest BCUT2D eigenvalue weighted by Crippen LogP contribution is -2.32. The Morgan fingerprint density at radius 1 is 0.950 bits per heavy atom. The monoisotopic (exact) mass is 563 g/mol. The number of allylic oxidation sites excluding steroid dienone is 2. The van der Waals surface area contributed by atoms with Gasteiger partial charge >= 0.3 is 11.9 Å². The van der Waals surface area contributed by atoms with Crippen LogP contribution >= 0.6 is 11.3 Å². The van der Waals surface area contributed by atoms with Crippen LogP contribution in [0.5, 0.6) is 11.5 Å². The van der Waals surface area contributed by atoms with Gasteiger partial charge in [0, 0.05) is 28.0 Å². The van der Waals surface area contributed by atoms with Crippen molar-refractivity contribution in [3.63, 3.8) is 0 Å². The van der Waals surface area contributed by atoms with E-state index >= 15 is 0 Å². The SMILES string of the molecule is CCOC(=O)C1=C(C)NC(C)=C(C(=O)OCC)C1c1cccc(Nc2nc(-c3cc(OC)ccc3OC)cs2)c1. The molecule has 0 fully saturated rings. The number of rotatable bonds is 10. The number of carbonyl (C=O) groups is 2. The maximum absolute atomic E-state index is 13.1. The molecule has 1 aliphatic heterocycles. The van der Waals surface area contributed by atoms with Gasteiger partial charge in [0.25, 0.3) is 0 Å². The molecule has 0 amide bonds. The Balaban J connectivity index is 1.70. The average Bonchev–Trinajstić information content (AvgIpc) is 3.40. The quantitative estimate of drug-likeness (QED) is 0.290. The van der Waals surface area contributed by atoms with Crippen molar-refractivity contribution in [2.24, 2.45) is 0 Å². The molecule has 2 N–H and O–H groups in total.